The molecule has 0 atom stereocenters. The van der Waals surface area contributed by atoms with Crippen LogP contribution in [0.15, 0.2) is 164 Å². The molecule has 0 unspecified atom stereocenters. The summed E-state index contributed by atoms with van der Waals surface area (Å²) in [7, 11) is 0. The fourth-order valence-corrected chi connectivity index (χ4v) is 7.21. The van der Waals surface area contributed by atoms with E-state index in [9.17, 15) is 0 Å². The van der Waals surface area contributed by atoms with Crippen molar-refractivity contribution < 1.29 is 20.1 Å². The molecule has 0 spiro atoms. The van der Waals surface area contributed by atoms with Crippen LogP contribution in [0.4, 0.5) is 0 Å². The Labute approximate surface area is 376 Å². The van der Waals surface area contributed by atoms with Gasteiger partial charge in [-0.05, 0) is 83.8 Å². The Balaban J connectivity index is 0.000000152. The average molecular weight is 973 g/mol. The van der Waals surface area contributed by atoms with Crippen LogP contribution in [0.25, 0.3) is 66.1 Å². The molecule has 0 N–H and O–H groups in total. The van der Waals surface area contributed by atoms with Crippen LogP contribution in [0.1, 0.15) is 79.0 Å². The number of benzene rings is 6. The molecule has 3 nitrogen and oxygen atoms in total. The summed E-state index contributed by atoms with van der Waals surface area (Å²) in [6.45, 7) is 20.0. The van der Waals surface area contributed by atoms with Crippen LogP contribution < -0.4 is 0 Å². The Hall–Kier alpha value is -5.80. The molecule has 0 radical (unpaired) electrons. The summed E-state index contributed by atoms with van der Waals surface area (Å²) in [6.07, 6.45) is 5.61. The van der Waals surface area contributed by atoms with E-state index >= 15 is 0 Å². The van der Waals surface area contributed by atoms with Gasteiger partial charge >= 0.3 is 20.1 Å². The molecule has 6 aromatic carbocycles. The van der Waals surface area contributed by atoms with Gasteiger partial charge in [-0.15, -0.1) is 106 Å². The summed E-state index contributed by atoms with van der Waals surface area (Å²) < 4.78 is 0. The molecule has 0 saturated carbocycles. The zero-order valence-electron chi connectivity index (χ0n) is 36.8. The second-order valence-corrected chi connectivity index (χ2v) is 18.4. The molecule has 3 aromatic heterocycles. The van der Waals surface area contributed by atoms with E-state index in [0.717, 1.165) is 33.8 Å². The first-order valence-corrected chi connectivity index (χ1v) is 20.8. The molecule has 0 amide bonds. The summed E-state index contributed by atoms with van der Waals surface area (Å²) >= 11 is 0. The first kappa shape index (κ1) is 44.7. The number of aromatic nitrogens is 3. The van der Waals surface area contributed by atoms with Crippen molar-refractivity contribution in [2.75, 3.05) is 0 Å². The Morgan fingerprint density at radius 1 is 0.344 bits per heavy atom. The second-order valence-electron chi connectivity index (χ2n) is 18.4. The molecular formula is C57H54IrN3. The van der Waals surface area contributed by atoms with Crippen LogP contribution in [-0.4, -0.2) is 15.0 Å². The standard InChI is InChI=1S/3C19H18N.Ir/c3*1-19(2,3)16-9-6-8-15(13-16)18-17-10-5-4-7-14(17)11-12-20-18;/h3*4-7,9-13H,1-3H3;/q3*-1;+3. The zero-order chi connectivity index (χ0) is 42.5. The van der Waals surface area contributed by atoms with Gasteiger partial charge in [-0.3, -0.25) is 0 Å². The van der Waals surface area contributed by atoms with Crippen molar-refractivity contribution in [2.45, 2.75) is 78.6 Å². The molecule has 9 rings (SSSR count). The van der Waals surface area contributed by atoms with E-state index in [4.69, 9.17) is 0 Å². The summed E-state index contributed by atoms with van der Waals surface area (Å²) in [5.41, 5.74) is 10.5. The van der Waals surface area contributed by atoms with Crippen molar-refractivity contribution in [1.29, 1.82) is 0 Å². The van der Waals surface area contributed by atoms with Gasteiger partial charge in [0.1, 0.15) is 0 Å². The van der Waals surface area contributed by atoms with E-state index in [1.165, 1.54) is 49.0 Å². The molecule has 0 bridgehead atoms. The molecule has 61 heavy (non-hydrogen) atoms. The quantitative estimate of drug-likeness (QED) is 0.166. The molecule has 0 aliphatic carbocycles. The molecule has 0 fully saturated rings. The Morgan fingerprint density at radius 2 is 0.607 bits per heavy atom. The molecule has 0 saturated heterocycles. The van der Waals surface area contributed by atoms with Crippen molar-refractivity contribution in [3.63, 3.8) is 0 Å². The van der Waals surface area contributed by atoms with E-state index in [2.05, 4.69) is 205 Å². The molecule has 9 aromatic rings. The van der Waals surface area contributed by atoms with Crippen LogP contribution >= 0.6 is 0 Å². The molecule has 0 aliphatic heterocycles. The number of hydrogen-bond acceptors (Lipinski definition) is 3. The van der Waals surface area contributed by atoms with Crippen molar-refractivity contribution in [3.8, 4) is 33.8 Å². The number of hydrogen-bond donors (Lipinski definition) is 0. The third kappa shape index (κ3) is 10.8. The summed E-state index contributed by atoms with van der Waals surface area (Å²) in [6, 6.07) is 60.2. The predicted molar refractivity (Wildman–Crippen MR) is 254 cm³/mol. The zero-order valence-corrected chi connectivity index (χ0v) is 39.2. The molecule has 4 heteroatoms. The first-order valence-electron chi connectivity index (χ1n) is 20.8. The first-order chi connectivity index (χ1) is 28.7. The molecule has 3 heterocycles. The average Bonchev–Trinajstić information content (AvgIpc) is 3.25. The van der Waals surface area contributed by atoms with Crippen LogP contribution in [0, 0.1) is 18.2 Å². The van der Waals surface area contributed by atoms with Gasteiger partial charge in [0.15, 0.2) is 0 Å². The largest absolute Gasteiger partial charge is 3.00 e. The molecular weight excluding hydrogens is 919 g/mol. The van der Waals surface area contributed by atoms with Gasteiger partial charge < -0.3 is 15.0 Å². The van der Waals surface area contributed by atoms with Gasteiger partial charge in [0, 0.05) is 18.6 Å². The fourth-order valence-electron chi connectivity index (χ4n) is 7.21. The smallest absolute Gasteiger partial charge is 0.304 e. The minimum atomic E-state index is 0. The van der Waals surface area contributed by atoms with Gasteiger partial charge in [-0.25, -0.2) is 0 Å². The van der Waals surface area contributed by atoms with Crippen molar-refractivity contribution >= 4 is 32.3 Å². The Kier molecular flexibility index (Phi) is 13.8. The number of nitrogens with zero attached hydrogens (tertiary/aromatic N) is 3. The maximum atomic E-state index is 4.57. The molecule has 0 aliphatic rings. The van der Waals surface area contributed by atoms with Gasteiger partial charge in [0.05, 0.1) is 0 Å². The second kappa shape index (κ2) is 18.9. The van der Waals surface area contributed by atoms with Gasteiger partial charge in [0.2, 0.25) is 0 Å². The summed E-state index contributed by atoms with van der Waals surface area (Å²) in [5.74, 6) is 0. The molecule has 306 valence electrons. The van der Waals surface area contributed by atoms with E-state index in [1.807, 2.05) is 55.0 Å². The normalized spacial score (nSPS) is 11.6. The SMILES string of the molecule is CC(C)(C)c1cc[c-]c(-c2nccc3ccccc23)c1.CC(C)(C)c1cc[c-]c(-c2nccc3ccccc23)c1.CC(C)(C)c1cc[c-]c(-c2nccc3ccccc23)c1.[Ir+3]. The number of pyridine rings is 3. The topological polar surface area (TPSA) is 38.7 Å². The van der Waals surface area contributed by atoms with Crippen LogP contribution in [-0.2, 0) is 36.4 Å². The van der Waals surface area contributed by atoms with Crippen molar-refractivity contribution in [2.24, 2.45) is 0 Å². The van der Waals surface area contributed by atoms with E-state index in [0.29, 0.717) is 0 Å². The minimum Gasteiger partial charge on any atom is -0.304 e. The summed E-state index contributed by atoms with van der Waals surface area (Å²) in [4.78, 5) is 13.7. The van der Waals surface area contributed by atoms with Crippen LogP contribution in [0.2, 0.25) is 0 Å². The van der Waals surface area contributed by atoms with Gasteiger partial charge in [-0.1, -0.05) is 135 Å². The third-order valence-electron chi connectivity index (χ3n) is 10.8. The Morgan fingerprint density at radius 3 is 0.869 bits per heavy atom. The van der Waals surface area contributed by atoms with E-state index in [1.54, 1.807) is 0 Å². The maximum absolute atomic E-state index is 4.57. The van der Waals surface area contributed by atoms with Crippen LogP contribution in [0.3, 0.4) is 0 Å². The number of rotatable bonds is 3. The third-order valence-corrected chi connectivity index (χ3v) is 10.8. The van der Waals surface area contributed by atoms with Gasteiger partial charge in [0.25, 0.3) is 0 Å². The predicted octanol–water partition coefficient (Wildman–Crippen LogP) is 15.0. The maximum Gasteiger partial charge on any atom is 3.00 e. The van der Waals surface area contributed by atoms with Crippen molar-refractivity contribution in [1.82, 2.24) is 15.0 Å². The monoisotopic (exact) mass is 973 g/mol. The van der Waals surface area contributed by atoms with Gasteiger partial charge in [-0.2, -0.15) is 0 Å². The van der Waals surface area contributed by atoms with Crippen LogP contribution in [0.5, 0.6) is 0 Å². The Bertz CT molecular complexity index is 2560. The van der Waals surface area contributed by atoms with Crippen molar-refractivity contribution in [3.05, 3.63) is 199 Å². The van der Waals surface area contributed by atoms with E-state index in [-0.39, 0.29) is 36.4 Å². The fraction of sp³-hybridized carbons (Fsp3) is 0.211. The minimum absolute atomic E-state index is 0. The number of fused-ring (bicyclic) bond motifs is 3. The van der Waals surface area contributed by atoms with E-state index < -0.39 is 0 Å². The summed E-state index contributed by atoms with van der Waals surface area (Å²) in [5, 5.41) is 7.18.